The third-order valence-corrected chi connectivity index (χ3v) is 20.4. The number of benzene rings is 3. The summed E-state index contributed by atoms with van der Waals surface area (Å²) in [7, 11) is 2.59. The Kier molecular flexibility index (Phi) is 17.1. The Morgan fingerprint density at radius 3 is 1.01 bits per heavy atom. The number of halogens is 14. The highest BCUT2D eigenvalue weighted by Crippen LogP contribution is 2.65. The van der Waals surface area contributed by atoms with E-state index in [4.69, 9.17) is 37.9 Å². The number of ketones is 2. The van der Waals surface area contributed by atoms with Gasteiger partial charge in [-0.25, -0.2) is 5.06 Å². The van der Waals surface area contributed by atoms with Crippen molar-refractivity contribution >= 4 is 94.7 Å². The van der Waals surface area contributed by atoms with Crippen molar-refractivity contribution in [3.8, 4) is 19.5 Å². The van der Waals surface area contributed by atoms with Crippen LogP contribution in [0.5, 0.6) is 0 Å². The molecule has 0 unspecified atom stereocenters. The Hall–Kier alpha value is -4.97. The Balaban J connectivity index is 0.000000167. The molecule has 0 saturated carbocycles. The van der Waals surface area contributed by atoms with E-state index in [-0.39, 0.29) is 79.8 Å². The number of amides is 1. The maximum absolute atomic E-state index is 13.7. The topological polar surface area (TPSA) is 138 Å². The van der Waals surface area contributed by atoms with E-state index in [1.807, 2.05) is 0 Å². The van der Waals surface area contributed by atoms with Gasteiger partial charge in [0.1, 0.15) is 0 Å². The summed E-state index contributed by atoms with van der Waals surface area (Å²) in [5.41, 5.74) is -3.58. The molecule has 2 aliphatic carbocycles. The van der Waals surface area contributed by atoms with Crippen molar-refractivity contribution in [2.45, 2.75) is 61.7 Å². The van der Waals surface area contributed by atoms with Gasteiger partial charge in [-0.15, -0.1) is 45.3 Å². The highest BCUT2D eigenvalue weighted by Gasteiger charge is 2.69. The van der Waals surface area contributed by atoms with Crippen LogP contribution in [0.15, 0.2) is 86.4 Å². The zero-order chi connectivity index (χ0) is 63.5. The minimum atomic E-state index is -5.20. The predicted octanol–water partition coefficient (Wildman–Crippen LogP) is 15.8. The molecule has 7 aromatic rings. The molecule has 4 fully saturated rings. The molecule has 6 aliphatic rings. The first-order valence-electron chi connectivity index (χ1n) is 25.9. The number of hydrogen-bond donors (Lipinski definition) is 0. The van der Waals surface area contributed by atoms with Gasteiger partial charge in [-0.05, 0) is 136 Å². The van der Waals surface area contributed by atoms with E-state index in [1.54, 1.807) is 22.7 Å². The van der Waals surface area contributed by atoms with E-state index >= 15 is 0 Å². The van der Waals surface area contributed by atoms with Crippen molar-refractivity contribution in [1.29, 1.82) is 0 Å². The second kappa shape index (κ2) is 23.3. The molecule has 13 rings (SSSR count). The lowest BCUT2D eigenvalue weighted by molar-refractivity contribution is -0.365. The third kappa shape index (κ3) is 11.2. The Morgan fingerprint density at radius 2 is 0.693 bits per heavy atom. The molecule has 4 spiro atoms. The van der Waals surface area contributed by atoms with Crippen LogP contribution in [0.1, 0.15) is 96.5 Å². The van der Waals surface area contributed by atoms with E-state index in [9.17, 15) is 67.1 Å². The number of alkyl halides is 12. The molecular formula is C57H41Br2F12NO12S4. The Morgan fingerprint density at radius 1 is 0.420 bits per heavy atom. The van der Waals surface area contributed by atoms with Crippen LogP contribution in [-0.4, -0.2) is 89.5 Å². The molecule has 1 amide bonds. The second-order valence-corrected chi connectivity index (χ2v) is 27.1. The third-order valence-electron chi connectivity index (χ3n) is 14.5. The number of nitrogens with zero attached hydrogens (tertiary/aromatic N) is 1. The number of hydroxylamine groups is 2. The van der Waals surface area contributed by atoms with E-state index in [1.165, 1.54) is 52.3 Å². The normalized spacial score (nSPS) is 18.4. The minimum Gasteiger partial charge on any atom is -0.339 e. The number of hydrogen-bond acceptors (Lipinski definition) is 16. The van der Waals surface area contributed by atoms with Gasteiger partial charge in [0.25, 0.3) is 29.1 Å². The molecule has 4 aromatic heterocycles. The van der Waals surface area contributed by atoms with Gasteiger partial charge in [0, 0.05) is 46.0 Å². The summed E-state index contributed by atoms with van der Waals surface area (Å²) in [6.45, 7) is 5.02. The lowest BCUT2D eigenvalue weighted by atomic mass is 9.84. The maximum Gasteiger partial charge on any atom is 0.416 e. The van der Waals surface area contributed by atoms with Gasteiger partial charge in [0.05, 0.1) is 119 Å². The molecule has 13 nitrogen and oxygen atoms in total. The largest absolute Gasteiger partial charge is 0.416 e. The Labute approximate surface area is 523 Å². The summed E-state index contributed by atoms with van der Waals surface area (Å²) in [6, 6.07) is 13.3. The van der Waals surface area contributed by atoms with Crippen molar-refractivity contribution in [3.05, 3.63) is 169 Å². The van der Waals surface area contributed by atoms with Crippen molar-refractivity contribution < 1.29 is 110 Å². The number of thiophene rings is 4. The summed E-state index contributed by atoms with van der Waals surface area (Å²) < 4.78 is 211. The summed E-state index contributed by atoms with van der Waals surface area (Å²) in [5, 5.41) is 0.870. The lowest BCUT2D eigenvalue weighted by Gasteiger charge is -2.44. The molecule has 31 heteroatoms. The fourth-order valence-corrected chi connectivity index (χ4v) is 16.8. The fraction of sp³-hybridized carbons (Fsp3) is 0.351. The number of rotatable bonds is 6. The van der Waals surface area contributed by atoms with Crippen molar-refractivity contribution in [2.24, 2.45) is 0 Å². The zero-order valence-corrected chi connectivity index (χ0v) is 51.9. The quantitative estimate of drug-likeness (QED) is 0.0890. The van der Waals surface area contributed by atoms with Crippen LogP contribution < -0.4 is 0 Å². The van der Waals surface area contributed by atoms with Crippen LogP contribution in [0.4, 0.5) is 52.7 Å². The molecular weight excluding hydrogens is 1410 g/mol. The van der Waals surface area contributed by atoms with Crippen molar-refractivity contribution in [2.75, 3.05) is 67.0 Å². The van der Waals surface area contributed by atoms with Crippen LogP contribution in [0, 0.1) is 13.8 Å². The van der Waals surface area contributed by atoms with Crippen LogP contribution in [0.2, 0.25) is 0 Å². The standard InChI is InChI=1S/C32H19F9O6S2.C14H10Br2O4S2.C11H12F3NO2/c1-14-6-15(8-17(7-14)30(33,34)35)24(42)22-12-20-26(48-22)27-21(29(46-4-5-47-29)28(20)44-2-3-45-28)13-23(49-27)25(43)16-9-18(31(36,37)38)11-19(10-16)32(39,40)41;15-9-5-7-11(21-9)12-8(6-10(16)22-12)14(19-3-4-20-14)13(7)17-1-2-18-13;1-7-4-8(10(16)15(2)17-3)6-9(5-7)11(12,13)14/h6-13H,2-5H2,1H3;5-6H,1-4H2;4-6H,1-3H3. The molecule has 0 bridgehead atoms. The first-order chi connectivity index (χ1) is 41.3. The van der Waals surface area contributed by atoms with Gasteiger partial charge in [-0.2, -0.15) is 52.7 Å². The van der Waals surface area contributed by atoms with Gasteiger partial charge in [0.15, 0.2) is 0 Å². The van der Waals surface area contributed by atoms with Gasteiger partial charge in [-0.3, -0.25) is 19.2 Å². The van der Waals surface area contributed by atoms with E-state index < -0.39 is 93.1 Å². The molecule has 0 radical (unpaired) electrons. The lowest BCUT2D eigenvalue weighted by Crippen LogP contribution is -2.53. The average Bonchev–Trinajstić information content (AvgIpc) is 1.56. The molecule has 0 N–H and O–H groups in total. The SMILES string of the molecule is Brc1cc2c(s1)-c1sc(Br)cc1C1(OCCO1)C21OCCO1.CON(C)C(=O)c1cc(C)cc(C(F)(F)F)c1.Cc1cc(C(=O)c2cc3c(s2)-c2sc(C(=O)c4cc(C(F)(F)F)cc(C(F)(F)F)c4)cc2C2(OCCO2)C32OCCO2)cc(C(F)(F)F)c1. The monoisotopic (exact) mass is 1440 g/mol. The highest BCUT2D eigenvalue weighted by atomic mass is 79.9. The number of ether oxygens (including phenoxy) is 8. The second-order valence-electron chi connectivity index (χ2n) is 20.2. The molecule has 8 heterocycles. The van der Waals surface area contributed by atoms with Gasteiger partial charge < -0.3 is 37.9 Å². The molecule has 4 saturated heterocycles. The summed E-state index contributed by atoms with van der Waals surface area (Å²) >= 11 is 12.1. The van der Waals surface area contributed by atoms with E-state index in [0.29, 0.717) is 61.5 Å². The molecule has 4 aliphatic heterocycles. The first kappa shape index (κ1) is 64.6. The average molecular weight is 1450 g/mol. The first-order valence-corrected chi connectivity index (χ1v) is 30.7. The van der Waals surface area contributed by atoms with Gasteiger partial charge in [0.2, 0.25) is 11.6 Å². The van der Waals surface area contributed by atoms with Crippen LogP contribution >= 0.6 is 77.2 Å². The number of aryl methyl sites for hydroxylation is 2. The summed E-state index contributed by atoms with van der Waals surface area (Å²) in [4.78, 5) is 46.1. The molecule has 0 atom stereocenters. The highest BCUT2D eigenvalue weighted by molar-refractivity contribution is 9.11. The fourth-order valence-electron chi connectivity index (χ4n) is 10.9. The summed E-state index contributed by atoms with van der Waals surface area (Å²) in [5.74, 6) is -8.40. The van der Waals surface area contributed by atoms with Crippen LogP contribution in [0.3, 0.4) is 0 Å². The van der Waals surface area contributed by atoms with Gasteiger partial charge >= 0.3 is 24.7 Å². The number of fused-ring (bicyclic) bond motifs is 12. The molecule has 88 heavy (non-hydrogen) atoms. The predicted molar refractivity (Wildman–Crippen MR) is 300 cm³/mol. The van der Waals surface area contributed by atoms with E-state index in [2.05, 4.69) is 48.8 Å². The number of carbonyl (C=O) groups is 3. The van der Waals surface area contributed by atoms with Crippen LogP contribution in [-0.2, 0) is 90.6 Å². The maximum atomic E-state index is 13.7. The van der Waals surface area contributed by atoms with Crippen molar-refractivity contribution in [1.82, 2.24) is 5.06 Å². The Bertz CT molecular complexity index is 3800. The smallest absolute Gasteiger partial charge is 0.339 e. The molecule has 3 aromatic carbocycles. The minimum absolute atomic E-state index is 0.00949. The van der Waals surface area contributed by atoms with E-state index in [0.717, 1.165) is 63.1 Å². The van der Waals surface area contributed by atoms with Gasteiger partial charge in [-0.1, -0.05) is 0 Å². The summed E-state index contributed by atoms with van der Waals surface area (Å²) in [6.07, 6.45) is -19.6. The molecule has 468 valence electrons. The zero-order valence-electron chi connectivity index (χ0n) is 45.4. The van der Waals surface area contributed by atoms with Crippen LogP contribution in [0.25, 0.3) is 19.5 Å². The number of carbonyl (C=O) groups excluding carboxylic acids is 3. The van der Waals surface area contributed by atoms with Crippen molar-refractivity contribution in [3.63, 3.8) is 0 Å².